The van der Waals surface area contributed by atoms with E-state index in [1.807, 2.05) is 44.2 Å². The fourth-order valence-corrected chi connectivity index (χ4v) is 2.86. The lowest BCUT2D eigenvalue weighted by atomic mass is 10.1. The number of hydrogen-bond donors (Lipinski definition) is 1. The summed E-state index contributed by atoms with van der Waals surface area (Å²) in [5.74, 6) is -0.309. The predicted octanol–water partition coefficient (Wildman–Crippen LogP) is 3.99. The first-order valence-corrected chi connectivity index (χ1v) is 7.56. The van der Waals surface area contributed by atoms with Gasteiger partial charge in [-0.15, -0.1) is 11.3 Å². The molecule has 2 aromatic rings. The van der Waals surface area contributed by atoms with Gasteiger partial charge in [0.25, 0.3) is 0 Å². The van der Waals surface area contributed by atoms with Crippen LogP contribution < -0.4 is 5.43 Å². The molecular weight excluding hydrogens is 284 g/mol. The Morgan fingerprint density at radius 1 is 1.33 bits per heavy atom. The number of carbonyl (C=O) groups is 1. The normalized spacial score (nSPS) is 10.8. The Bertz CT molecular complexity index is 648. The molecule has 0 amide bonds. The maximum atomic E-state index is 12.0. The minimum Gasteiger partial charge on any atom is -0.462 e. The first-order chi connectivity index (χ1) is 10.1. The number of thiophene rings is 1. The van der Waals surface area contributed by atoms with Gasteiger partial charge in [0, 0.05) is 4.88 Å². The Morgan fingerprint density at radius 2 is 2.05 bits per heavy atom. The maximum Gasteiger partial charge on any atom is 0.341 e. The number of nitrogens with zero attached hydrogens (tertiary/aromatic N) is 1. The monoisotopic (exact) mass is 302 g/mol. The van der Waals surface area contributed by atoms with Gasteiger partial charge in [0.2, 0.25) is 0 Å². The van der Waals surface area contributed by atoms with E-state index in [0.717, 1.165) is 21.0 Å². The molecule has 0 fully saturated rings. The first kappa shape index (κ1) is 15.3. The number of esters is 1. The maximum absolute atomic E-state index is 12.0. The standard InChI is InChI=1S/C16H18N2O2S/c1-4-20-16(19)14-11(2)12(3)21-15(14)18-17-10-13-8-6-5-7-9-13/h5-10,18H,4H2,1-3H3/b17-10+. The van der Waals surface area contributed by atoms with Crippen molar-refractivity contribution < 1.29 is 9.53 Å². The Balaban J connectivity index is 2.18. The van der Waals surface area contributed by atoms with E-state index in [4.69, 9.17) is 4.74 Å². The average Bonchev–Trinajstić information content (AvgIpc) is 2.75. The topological polar surface area (TPSA) is 50.7 Å². The lowest BCUT2D eigenvalue weighted by molar-refractivity contribution is 0.0527. The second-order valence-electron chi connectivity index (χ2n) is 4.49. The number of ether oxygens (including phenoxy) is 1. The molecule has 0 unspecified atom stereocenters. The van der Waals surface area contributed by atoms with E-state index >= 15 is 0 Å². The molecule has 0 radical (unpaired) electrons. The number of carbonyl (C=O) groups excluding carboxylic acids is 1. The van der Waals surface area contributed by atoms with Crippen molar-refractivity contribution >= 4 is 28.5 Å². The summed E-state index contributed by atoms with van der Waals surface area (Å²) in [7, 11) is 0. The highest BCUT2D eigenvalue weighted by molar-refractivity contribution is 7.16. The molecular formula is C16H18N2O2S. The second-order valence-corrected chi connectivity index (χ2v) is 5.71. The molecule has 5 heteroatoms. The van der Waals surface area contributed by atoms with Crippen molar-refractivity contribution in [2.45, 2.75) is 20.8 Å². The predicted molar refractivity (Wildman–Crippen MR) is 87.4 cm³/mol. The zero-order valence-electron chi connectivity index (χ0n) is 12.3. The molecule has 2 rings (SSSR count). The van der Waals surface area contributed by atoms with Gasteiger partial charge in [-0.1, -0.05) is 30.3 Å². The molecule has 1 aromatic carbocycles. The molecule has 1 aromatic heterocycles. The molecule has 0 saturated heterocycles. The van der Waals surface area contributed by atoms with Crippen LogP contribution in [0.2, 0.25) is 0 Å². The summed E-state index contributed by atoms with van der Waals surface area (Å²) in [5, 5.41) is 4.92. The summed E-state index contributed by atoms with van der Waals surface area (Å²) in [6.07, 6.45) is 1.72. The Morgan fingerprint density at radius 3 is 2.71 bits per heavy atom. The number of rotatable bonds is 5. The minimum absolute atomic E-state index is 0.309. The highest BCUT2D eigenvalue weighted by Gasteiger charge is 2.20. The van der Waals surface area contributed by atoms with Crippen LogP contribution in [0, 0.1) is 13.8 Å². The van der Waals surface area contributed by atoms with Crippen molar-refractivity contribution in [1.82, 2.24) is 0 Å². The molecule has 0 aliphatic carbocycles. The van der Waals surface area contributed by atoms with Crippen LogP contribution in [-0.4, -0.2) is 18.8 Å². The first-order valence-electron chi connectivity index (χ1n) is 6.74. The summed E-state index contributed by atoms with van der Waals surface area (Å²) in [6.45, 7) is 6.06. The summed E-state index contributed by atoms with van der Waals surface area (Å²) < 4.78 is 5.10. The van der Waals surface area contributed by atoms with Gasteiger partial charge in [-0.05, 0) is 31.9 Å². The van der Waals surface area contributed by atoms with E-state index in [-0.39, 0.29) is 5.97 Å². The van der Waals surface area contributed by atoms with Crippen molar-refractivity contribution in [2.24, 2.45) is 5.10 Å². The third-order valence-electron chi connectivity index (χ3n) is 3.04. The van der Waals surface area contributed by atoms with Gasteiger partial charge in [0.15, 0.2) is 0 Å². The molecule has 4 nitrogen and oxygen atoms in total. The van der Waals surface area contributed by atoms with Crippen LogP contribution in [-0.2, 0) is 4.74 Å². The number of nitrogens with one attached hydrogen (secondary N) is 1. The van der Waals surface area contributed by atoms with Gasteiger partial charge in [0.05, 0.1) is 18.4 Å². The number of hydrazone groups is 1. The van der Waals surface area contributed by atoms with E-state index in [1.54, 1.807) is 13.1 Å². The molecule has 0 saturated carbocycles. The van der Waals surface area contributed by atoms with Crippen LogP contribution in [0.4, 0.5) is 5.00 Å². The van der Waals surface area contributed by atoms with Crippen molar-refractivity contribution in [3.63, 3.8) is 0 Å². The van der Waals surface area contributed by atoms with E-state index in [0.29, 0.717) is 12.2 Å². The summed E-state index contributed by atoms with van der Waals surface area (Å²) in [4.78, 5) is 13.1. The van der Waals surface area contributed by atoms with E-state index in [9.17, 15) is 4.79 Å². The van der Waals surface area contributed by atoms with Gasteiger partial charge in [-0.2, -0.15) is 5.10 Å². The van der Waals surface area contributed by atoms with Crippen LogP contribution in [0.3, 0.4) is 0 Å². The van der Waals surface area contributed by atoms with E-state index in [1.165, 1.54) is 11.3 Å². The second kappa shape index (κ2) is 7.04. The molecule has 21 heavy (non-hydrogen) atoms. The molecule has 1 heterocycles. The van der Waals surface area contributed by atoms with Gasteiger partial charge in [0.1, 0.15) is 5.00 Å². The highest BCUT2D eigenvalue weighted by Crippen LogP contribution is 2.32. The number of anilines is 1. The zero-order chi connectivity index (χ0) is 15.2. The lowest BCUT2D eigenvalue weighted by Gasteiger charge is -2.04. The van der Waals surface area contributed by atoms with Crippen LogP contribution in [0.1, 0.15) is 33.3 Å². The third kappa shape index (κ3) is 3.70. The molecule has 0 aliphatic rings. The third-order valence-corrected chi connectivity index (χ3v) is 4.16. The summed E-state index contributed by atoms with van der Waals surface area (Å²) in [5.41, 5.74) is 5.46. The minimum atomic E-state index is -0.309. The lowest BCUT2D eigenvalue weighted by Crippen LogP contribution is -2.07. The molecule has 0 bridgehead atoms. The number of hydrogen-bond acceptors (Lipinski definition) is 5. The Labute approximate surface area is 128 Å². The SMILES string of the molecule is CCOC(=O)c1c(N/N=C/c2ccccc2)sc(C)c1C. The van der Waals surface area contributed by atoms with Crippen molar-refractivity contribution in [3.05, 3.63) is 51.9 Å². The van der Waals surface area contributed by atoms with E-state index in [2.05, 4.69) is 10.5 Å². The molecule has 0 aliphatic heterocycles. The van der Waals surface area contributed by atoms with Crippen molar-refractivity contribution in [2.75, 3.05) is 12.0 Å². The van der Waals surface area contributed by atoms with Crippen molar-refractivity contribution in [3.8, 4) is 0 Å². The van der Waals surface area contributed by atoms with Gasteiger partial charge in [-0.3, -0.25) is 5.43 Å². The average molecular weight is 302 g/mol. The molecule has 1 N–H and O–H groups in total. The molecule has 0 atom stereocenters. The fraction of sp³-hybridized carbons (Fsp3) is 0.250. The smallest absolute Gasteiger partial charge is 0.341 e. The highest BCUT2D eigenvalue weighted by atomic mass is 32.1. The summed E-state index contributed by atoms with van der Waals surface area (Å²) in [6, 6.07) is 9.77. The van der Waals surface area contributed by atoms with E-state index < -0.39 is 0 Å². The number of benzene rings is 1. The fourth-order valence-electron chi connectivity index (χ4n) is 1.86. The van der Waals surface area contributed by atoms with Gasteiger partial charge >= 0.3 is 5.97 Å². The van der Waals surface area contributed by atoms with Gasteiger partial charge < -0.3 is 4.74 Å². The largest absolute Gasteiger partial charge is 0.462 e. The van der Waals surface area contributed by atoms with Gasteiger partial charge in [-0.25, -0.2) is 4.79 Å². The van der Waals surface area contributed by atoms with Crippen LogP contribution in [0.5, 0.6) is 0 Å². The Hall–Kier alpha value is -2.14. The zero-order valence-corrected chi connectivity index (χ0v) is 13.2. The van der Waals surface area contributed by atoms with Crippen LogP contribution in [0.25, 0.3) is 0 Å². The quantitative estimate of drug-likeness (QED) is 0.516. The summed E-state index contributed by atoms with van der Waals surface area (Å²) >= 11 is 1.50. The number of aryl methyl sites for hydroxylation is 1. The van der Waals surface area contributed by atoms with Crippen LogP contribution in [0.15, 0.2) is 35.4 Å². The molecule has 110 valence electrons. The Kier molecular flexibility index (Phi) is 5.11. The van der Waals surface area contributed by atoms with Crippen LogP contribution >= 0.6 is 11.3 Å². The van der Waals surface area contributed by atoms with Crippen molar-refractivity contribution in [1.29, 1.82) is 0 Å². The molecule has 0 spiro atoms.